The third-order valence-electron chi connectivity index (χ3n) is 5.32. The van der Waals surface area contributed by atoms with Crippen LogP contribution in [0.1, 0.15) is 32.3 Å². The number of aromatic nitrogens is 2. The van der Waals surface area contributed by atoms with Crippen LogP contribution in [0.2, 0.25) is 0 Å². The van der Waals surface area contributed by atoms with E-state index in [1.807, 2.05) is 18.2 Å². The summed E-state index contributed by atoms with van der Waals surface area (Å²) in [5.74, 6) is 1.12. The maximum absolute atomic E-state index is 13.1. The fourth-order valence-electron chi connectivity index (χ4n) is 3.85. The van der Waals surface area contributed by atoms with Crippen LogP contribution in [-0.4, -0.2) is 34.4 Å². The SMILES string of the molecule is CC(C)Cc1ccc(SCC(=O)Nn2c(N3CCCC3)nc3ccccc3c2=O)cc1. The Hall–Kier alpha value is -2.80. The second kappa shape index (κ2) is 9.56. The van der Waals surface area contributed by atoms with Crippen LogP contribution in [0.25, 0.3) is 10.9 Å². The van der Waals surface area contributed by atoms with Gasteiger partial charge in [0.1, 0.15) is 0 Å². The van der Waals surface area contributed by atoms with E-state index in [0.29, 0.717) is 22.8 Å². The Labute approximate surface area is 186 Å². The van der Waals surface area contributed by atoms with E-state index in [1.165, 1.54) is 22.0 Å². The summed E-state index contributed by atoms with van der Waals surface area (Å²) in [5, 5.41) is 0.499. The largest absolute Gasteiger partial charge is 0.341 e. The van der Waals surface area contributed by atoms with Gasteiger partial charge in [0.05, 0.1) is 16.7 Å². The highest BCUT2D eigenvalue weighted by Gasteiger charge is 2.21. The van der Waals surface area contributed by atoms with Crippen molar-refractivity contribution in [3.63, 3.8) is 0 Å². The summed E-state index contributed by atoms with van der Waals surface area (Å²) in [6, 6.07) is 15.6. The van der Waals surface area contributed by atoms with Crippen LogP contribution in [0.3, 0.4) is 0 Å². The van der Waals surface area contributed by atoms with Gasteiger partial charge in [-0.25, -0.2) is 4.98 Å². The topological polar surface area (TPSA) is 67.2 Å². The Morgan fingerprint density at radius 1 is 1.10 bits per heavy atom. The van der Waals surface area contributed by atoms with Crippen molar-refractivity contribution in [2.24, 2.45) is 5.92 Å². The molecule has 1 aliphatic heterocycles. The lowest BCUT2D eigenvalue weighted by molar-refractivity contribution is -0.114. The smallest absolute Gasteiger partial charge is 0.281 e. The number of amides is 1. The number of para-hydroxylation sites is 1. The van der Waals surface area contributed by atoms with E-state index in [4.69, 9.17) is 0 Å². The number of hydrogen-bond donors (Lipinski definition) is 1. The Morgan fingerprint density at radius 2 is 1.81 bits per heavy atom. The second-order valence-corrected chi connectivity index (χ2v) is 9.38. The van der Waals surface area contributed by atoms with Gasteiger partial charge in [0.2, 0.25) is 11.9 Å². The molecule has 7 heteroatoms. The highest BCUT2D eigenvalue weighted by atomic mass is 32.2. The monoisotopic (exact) mass is 436 g/mol. The van der Waals surface area contributed by atoms with Crippen molar-refractivity contribution < 1.29 is 4.79 Å². The molecule has 0 spiro atoms. The number of carbonyl (C=O) groups is 1. The van der Waals surface area contributed by atoms with Crippen LogP contribution in [0.4, 0.5) is 5.95 Å². The minimum absolute atomic E-state index is 0.224. The van der Waals surface area contributed by atoms with Crippen molar-refractivity contribution in [2.75, 3.05) is 29.2 Å². The van der Waals surface area contributed by atoms with Gasteiger partial charge >= 0.3 is 0 Å². The van der Waals surface area contributed by atoms with Gasteiger partial charge in [0.15, 0.2) is 0 Å². The fourth-order valence-corrected chi connectivity index (χ4v) is 4.54. The van der Waals surface area contributed by atoms with Crippen molar-refractivity contribution in [2.45, 2.75) is 38.0 Å². The van der Waals surface area contributed by atoms with E-state index in [1.54, 1.807) is 6.07 Å². The average Bonchev–Trinajstić information content (AvgIpc) is 3.29. The summed E-state index contributed by atoms with van der Waals surface area (Å²) in [5.41, 5.74) is 4.50. The first-order valence-electron chi connectivity index (χ1n) is 10.8. The minimum atomic E-state index is -0.246. The number of anilines is 1. The molecule has 31 heavy (non-hydrogen) atoms. The molecule has 0 bridgehead atoms. The van der Waals surface area contributed by atoms with Crippen LogP contribution in [-0.2, 0) is 11.2 Å². The maximum atomic E-state index is 13.1. The van der Waals surface area contributed by atoms with Gasteiger partial charge in [-0.15, -0.1) is 11.8 Å². The van der Waals surface area contributed by atoms with E-state index in [9.17, 15) is 9.59 Å². The zero-order valence-corrected chi connectivity index (χ0v) is 18.8. The summed E-state index contributed by atoms with van der Waals surface area (Å²) in [6.45, 7) is 6.07. The predicted molar refractivity (Wildman–Crippen MR) is 128 cm³/mol. The summed E-state index contributed by atoms with van der Waals surface area (Å²) < 4.78 is 1.32. The Balaban J connectivity index is 1.50. The lowest BCUT2D eigenvalue weighted by atomic mass is 10.0. The van der Waals surface area contributed by atoms with Crippen LogP contribution in [0.15, 0.2) is 58.2 Å². The van der Waals surface area contributed by atoms with Crippen LogP contribution < -0.4 is 15.9 Å². The summed E-state index contributed by atoms with van der Waals surface area (Å²) in [7, 11) is 0. The zero-order valence-electron chi connectivity index (χ0n) is 18.0. The molecule has 2 aromatic carbocycles. The van der Waals surface area contributed by atoms with Gasteiger partial charge in [-0.1, -0.05) is 38.1 Å². The second-order valence-electron chi connectivity index (χ2n) is 8.33. The Bertz CT molecular complexity index is 1120. The number of nitrogens with zero attached hydrogens (tertiary/aromatic N) is 3. The molecule has 0 radical (unpaired) electrons. The van der Waals surface area contributed by atoms with Gasteiger partial charge in [0.25, 0.3) is 5.56 Å². The standard InChI is InChI=1S/C24H28N4O2S/c1-17(2)15-18-9-11-19(12-10-18)31-16-22(29)26-28-23(30)20-7-3-4-8-21(20)25-24(28)27-13-5-6-14-27/h3-4,7-12,17H,5-6,13-16H2,1-2H3,(H,26,29). The molecule has 1 aliphatic rings. The van der Waals surface area contributed by atoms with E-state index in [-0.39, 0.29) is 17.2 Å². The number of hydrogen-bond acceptors (Lipinski definition) is 5. The summed E-state index contributed by atoms with van der Waals surface area (Å²) in [4.78, 5) is 33.6. The Morgan fingerprint density at radius 3 is 2.52 bits per heavy atom. The first-order valence-corrected chi connectivity index (χ1v) is 11.8. The van der Waals surface area contributed by atoms with Gasteiger partial charge in [-0.3, -0.25) is 15.0 Å². The quantitative estimate of drug-likeness (QED) is 0.566. The van der Waals surface area contributed by atoms with E-state index >= 15 is 0 Å². The van der Waals surface area contributed by atoms with Crippen molar-refractivity contribution in [1.82, 2.24) is 9.66 Å². The van der Waals surface area contributed by atoms with E-state index in [0.717, 1.165) is 37.2 Å². The third-order valence-corrected chi connectivity index (χ3v) is 6.33. The molecular weight excluding hydrogens is 408 g/mol. The molecule has 1 saturated heterocycles. The van der Waals surface area contributed by atoms with Crippen molar-refractivity contribution in [3.05, 3.63) is 64.4 Å². The first kappa shape index (κ1) is 21.4. The predicted octanol–water partition coefficient (Wildman–Crippen LogP) is 4.06. The van der Waals surface area contributed by atoms with Crippen molar-refractivity contribution in [3.8, 4) is 0 Å². The molecule has 6 nitrogen and oxygen atoms in total. The molecular formula is C24H28N4O2S. The number of carbonyl (C=O) groups excluding carboxylic acids is 1. The van der Waals surface area contributed by atoms with Crippen LogP contribution >= 0.6 is 11.8 Å². The zero-order chi connectivity index (χ0) is 21.8. The molecule has 0 unspecified atom stereocenters. The highest BCUT2D eigenvalue weighted by molar-refractivity contribution is 8.00. The lowest BCUT2D eigenvalue weighted by Gasteiger charge is -2.22. The number of fused-ring (bicyclic) bond motifs is 1. The molecule has 1 N–H and O–H groups in total. The summed E-state index contributed by atoms with van der Waals surface area (Å²) >= 11 is 1.46. The van der Waals surface area contributed by atoms with Crippen molar-refractivity contribution >= 4 is 34.5 Å². The normalized spacial score (nSPS) is 13.8. The lowest BCUT2D eigenvalue weighted by Crippen LogP contribution is -2.39. The number of nitrogens with one attached hydrogen (secondary N) is 1. The molecule has 3 aromatic rings. The molecule has 0 atom stereocenters. The molecule has 162 valence electrons. The number of rotatable bonds is 7. The molecule has 4 rings (SSSR count). The summed E-state index contributed by atoms with van der Waals surface area (Å²) in [6.07, 6.45) is 3.15. The maximum Gasteiger partial charge on any atom is 0.281 e. The third kappa shape index (κ3) is 5.10. The van der Waals surface area contributed by atoms with Gasteiger partial charge in [0, 0.05) is 18.0 Å². The minimum Gasteiger partial charge on any atom is -0.341 e. The molecule has 2 heterocycles. The van der Waals surface area contributed by atoms with E-state index < -0.39 is 0 Å². The fraction of sp³-hybridized carbons (Fsp3) is 0.375. The van der Waals surface area contributed by atoms with Gasteiger partial charge < -0.3 is 4.90 Å². The van der Waals surface area contributed by atoms with Gasteiger partial charge in [-0.2, -0.15) is 4.68 Å². The molecule has 1 fully saturated rings. The first-order chi connectivity index (χ1) is 15.0. The Kier molecular flexibility index (Phi) is 6.61. The number of benzene rings is 2. The van der Waals surface area contributed by atoms with E-state index in [2.05, 4.69) is 53.4 Å². The van der Waals surface area contributed by atoms with Gasteiger partial charge in [-0.05, 0) is 55.0 Å². The van der Waals surface area contributed by atoms with Crippen molar-refractivity contribution in [1.29, 1.82) is 0 Å². The molecule has 0 aliphatic carbocycles. The van der Waals surface area contributed by atoms with Crippen LogP contribution in [0.5, 0.6) is 0 Å². The average molecular weight is 437 g/mol. The highest BCUT2D eigenvalue weighted by Crippen LogP contribution is 2.21. The molecule has 0 saturated carbocycles. The number of thioether (sulfide) groups is 1. The van der Waals surface area contributed by atoms with Crippen LogP contribution in [0, 0.1) is 5.92 Å². The molecule has 1 amide bonds. The molecule has 1 aromatic heterocycles.